The third-order valence-electron chi connectivity index (χ3n) is 6.55. The van der Waals surface area contributed by atoms with Crippen molar-refractivity contribution < 1.29 is 51.0 Å². The third-order valence-corrected chi connectivity index (χ3v) is 6.55. The number of benzene rings is 4. The number of halogens is 2. The molecule has 0 spiro atoms. The molecule has 2 aliphatic carbocycles. The zero-order valence-corrected chi connectivity index (χ0v) is 23.3. The predicted molar refractivity (Wildman–Crippen MR) is 135 cm³/mol. The standard InChI is InChI=1S/C32H23.2ClH.Zr/c1-22-28(32(24-12-4-2-5-13-24)25-14-6-3-7-15-25)21-29-27-19-11-10-18-26(27)20-30(29)31(22)23-16-8-9-17-23;;;/h2-16,18-19,21H,17H2,1H3;2*1H;/q-1;;;+3/p-2. The first-order chi connectivity index (χ1) is 15.8. The van der Waals surface area contributed by atoms with Crippen LogP contribution in [0.1, 0.15) is 34.2 Å². The summed E-state index contributed by atoms with van der Waals surface area (Å²) >= 11 is 0. The van der Waals surface area contributed by atoms with Crippen LogP contribution >= 0.6 is 0 Å². The quantitative estimate of drug-likeness (QED) is 0.274. The third kappa shape index (κ3) is 4.83. The summed E-state index contributed by atoms with van der Waals surface area (Å²) < 4.78 is 0. The second-order valence-electron chi connectivity index (χ2n) is 8.45. The summed E-state index contributed by atoms with van der Waals surface area (Å²) in [5.74, 6) is 0. The van der Waals surface area contributed by atoms with E-state index in [1.807, 2.05) is 0 Å². The Labute approximate surface area is 238 Å². The maximum Gasteiger partial charge on any atom is 3.00 e. The van der Waals surface area contributed by atoms with Gasteiger partial charge in [0.25, 0.3) is 0 Å². The van der Waals surface area contributed by atoms with Gasteiger partial charge in [0.1, 0.15) is 0 Å². The minimum absolute atomic E-state index is 0. The zero-order chi connectivity index (χ0) is 21.5. The van der Waals surface area contributed by atoms with Crippen molar-refractivity contribution in [2.75, 3.05) is 0 Å². The molecule has 4 aromatic rings. The molecule has 0 aliphatic heterocycles. The van der Waals surface area contributed by atoms with Crippen LogP contribution in [0.25, 0.3) is 28.3 Å². The van der Waals surface area contributed by atoms with Gasteiger partial charge in [-0.05, 0) is 35.3 Å². The van der Waals surface area contributed by atoms with Crippen molar-refractivity contribution in [3.05, 3.63) is 147 Å². The second-order valence-corrected chi connectivity index (χ2v) is 8.45. The van der Waals surface area contributed by atoms with E-state index >= 15 is 0 Å². The Morgan fingerprint density at radius 1 is 0.743 bits per heavy atom. The molecule has 0 bridgehead atoms. The molecule has 169 valence electrons. The number of hydrogen-bond acceptors (Lipinski definition) is 0. The van der Waals surface area contributed by atoms with Crippen LogP contribution in [0.4, 0.5) is 0 Å². The van der Waals surface area contributed by atoms with Gasteiger partial charge in [-0.15, -0.1) is 34.1 Å². The Kier molecular flexibility index (Phi) is 8.95. The first-order valence-corrected chi connectivity index (χ1v) is 11.2. The summed E-state index contributed by atoms with van der Waals surface area (Å²) in [5.41, 5.74) is 11.5. The molecule has 6 rings (SSSR count). The summed E-state index contributed by atoms with van der Waals surface area (Å²) in [6.45, 7) is 2.28. The van der Waals surface area contributed by atoms with Crippen molar-refractivity contribution in [3.63, 3.8) is 0 Å². The van der Waals surface area contributed by atoms with Crippen LogP contribution in [0.2, 0.25) is 0 Å². The summed E-state index contributed by atoms with van der Waals surface area (Å²) in [4.78, 5) is 0. The molecule has 0 atom stereocenters. The maximum absolute atomic E-state index is 3.73. The molecule has 3 heteroatoms. The first kappa shape index (κ1) is 27.2. The van der Waals surface area contributed by atoms with Crippen molar-refractivity contribution in [1.29, 1.82) is 0 Å². The van der Waals surface area contributed by atoms with E-state index in [0.29, 0.717) is 0 Å². The Morgan fingerprint density at radius 2 is 1.34 bits per heavy atom. The molecule has 0 N–H and O–H groups in total. The van der Waals surface area contributed by atoms with Crippen molar-refractivity contribution in [1.82, 2.24) is 0 Å². The largest absolute Gasteiger partial charge is 3.00 e. The molecule has 0 amide bonds. The fourth-order valence-corrected chi connectivity index (χ4v) is 5.07. The molecule has 0 saturated heterocycles. The smallest absolute Gasteiger partial charge is 1.00 e. The van der Waals surface area contributed by atoms with Crippen molar-refractivity contribution in [2.45, 2.75) is 13.3 Å². The topological polar surface area (TPSA) is 0 Å². The number of rotatable bonds is 3. The Morgan fingerprint density at radius 3 is 1.94 bits per heavy atom. The van der Waals surface area contributed by atoms with E-state index in [9.17, 15) is 0 Å². The van der Waals surface area contributed by atoms with E-state index in [4.69, 9.17) is 0 Å². The number of fused-ring (bicyclic) bond motifs is 3. The van der Waals surface area contributed by atoms with Crippen molar-refractivity contribution >= 4 is 17.2 Å². The van der Waals surface area contributed by atoms with Crippen LogP contribution in [-0.2, 0) is 26.2 Å². The summed E-state index contributed by atoms with van der Waals surface area (Å²) in [6.07, 6.45) is 11.4. The monoisotopic (exact) mass is 567 g/mol. The van der Waals surface area contributed by atoms with Crippen LogP contribution in [0, 0.1) is 6.92 Å². The molecule has 4 aromatic carbocycles. The van der Waals surface area contributed by atoms with Gasteiger partial charge in [0, 0.05) is 0 Å². The van der Waals surface area contributed by atoms with E-state index in [-0.39, 0.29) is 51.0 Å². The van der Waals surface area contributed by atoms with E-state index in [1.165, 1.54) is 60.5 Å². The van der Waals surface area contributed by atoms with Crippen molar-refractivity contribution in [3.8, 4) is 11.1 Å². The maximum atomic E-state index is 3.73. The predicted octanol–water partition coefficient (Wildman–Crippen LogP) is 0.277. The van der Waals surface area contributed by atoms with Crippen LogP contribution in [0.15, 0.2) is 109 Å². The van der Waals surface area contributed by atoms with Gasteiger partial charge in [-0.2, -0.15) is 0 Å². The van der Waals surface area contributed by atoms with Gasteiger partial charge in [-0.3, -0.25) is 0 Å². The molecule has 0 aromatic heterocycles. The zero-order valence-electron chi connectivity index (χ0n) is 19.4. The van der Waals surface area contributed by atoms with Gasteiger partial charge >= 0.3 is 26.2 Å². The van der Waals surface area contributed by atoms with E-state index < -0.39 is 0 Å². The normalized spacial score (nSPS) is 12.2. The van der Waals surface area contributed by atoms with Crippen LogP contribution < -0.4 is 35.3 Å². The van der Waals surface area contributed by atoms with Gasteiger partial charge in [0.2, 0.25) is 0 Å². The molecule has 0 nitrogen and oxygen atoms in total. The first-order valence-electron chi connectivity index (χ1n) is 11.2. The molecule has 0 fully saturated rings. The van der Waals surface area contributed by atoms with E-state index in [1.54, 1.807) is 0 Å². The minimum Gasteiger partial charge on any atom is -1.00 e. The molecule has 0 saturated carbocycles. The SMILES string of the molecule is Cc1c(C2=CC=CC2)c2c(cc1=C(c1ccccc1)c1ccccc1)-c1ccccc1[C-]=2.[Cl-].[Cl-].[Zr+3]. The van der Waals surface area contributed by atoms with Crippen LogP contribution in [0.3, 0.4) is 0 Å². The summed E-state index contributed by atoms with van der Waals surface area (Å²) in [5, 5.41) is 2.53. The van der Waals surface area contributed by atoms with Crippen LogP contribution in [-0.4, -0.2) is 0 Å². The fourth-order valence-electron chi connectivity index (χ4n) is 5.07. The number of hydrogen-bond donors (Lipinski definition) is 0. The molecular formula is C32H23Cl2Zr. The molecule has 1 radical (unpaired) electrons. The Hall–Kier alpha value is -2.44. The Balaban J connectivity index is 0.00000114. The minimum atomic E-state index is 0. The molecule has 2 aliphatic rings. The van der Waals surface area contributed by atoms with Gasteiger partial charge < -0.3 is 24.8 Å². The van der Waals surface area contributed by atoms with E-state index in [0.717, 1.165) is 6.42 Å². The molecule has 35 heavy (non-hydrogen) atoms. The summed E-state index contributed by atoms with van der Waals surface area (Å²) in [7, 11) is 0. The van der Waals surface area contributed by atoms with Crippen molar-refractivity contribution in [2.24, 2.45) is 0 Å². The van der Waals surface area contributed by atoms with Gasteiger partial charge in [-0.1, -0.05) is 120 Å². The molecular weight excluding hydrogens is 546 g/mol. The van der Waals surface area contributed by atoms with Gasteiger partial charge in [0.05, 0.1) is 0 Å². The van der Waals surface area contributed by atoms with Crippen LogP contribution in [0.5, 0.6) is 0 Å². The van der Waals surface area contributed by atoms with Gasteiger partial charge in [0.15, 0.2) is 0 Å². The summed E-state index contributed by atoms with van der Waals surface area (Å²) in [6, 6.07) is 32.6. The number of allylic oxidation sites excluding steroid dienone is 4. The second kappa shape index (κ2) is 11.5. The molecule has 0 heterocycles. The van der Waals surface area contributed by atoms with E-state index in [2.05, 4.69) is 122 Å². The van der Waals surface area contributed by atoms with Gasteiger partial charge in [-0.25, -0.2) is 0 Å². The fraction of sp³-hybridized carbons (Fsp3) is 0.0625. The Bertz CT molecular complexity index is 1490. The molecule has 0 unspecified atom stereocenters. The average molecular weight is 570 g/mol. The average Bonchev–Trinajstić information content (AvgIpc) is 3.49.